The largest absolute Gasteiger partial charge is 0.481 e. The SMILES string of the molecule is CO[C@H]1C[C@@H](C(=O)O)C[C@H]1ON(O)O. The summed E-state index contributed by atoms with van der Waals surface area (Å²) in [6.45, 7) is 0. The highest BCUT2D eigenvalue weighted by atomic mass is 17.1. The summed E-state index contributed by atoms with van der Waals surface area (Å²) in [4.78, 5) is 15.2. The number of hydrogen-bond acceptors (Lipinski definition) is 6. The van der Waals surface area contributed by atoms with Crippen LogP contribution in [0.1, 0.15) is 12.8 Å². The second kappa shape index (κ2) is 4.67. The molecule has 14 heavy (non-hydrogen) atoms. The minimum atomic E-state index is -0.930. The van der Waals surface area contributed by atoms with Crippen LogP contribution >= 0.6 is 0 Å². The molecule has 0 spiro atoms. The maximum Gasteiger partial charge on any atom is 0.306 e. The first-order chi connectivity index (χ1) is 6.54. The Morgan fingerprint density at radius 1 is 1.36 bits per heavy atom. The number of methoxy groups -OCH3 is 1. The molecule has 82 valence electrons. The van der Waals surface area contributed by atoms with E-state index in [4.69, 9.17) is 20.3 Å². The van der Waals surface area contributed by atoms with Crippen LogP contribution < -0.4 is 0 Å². The summed E-state index contributed by atoms with van der Waals surface area (Å²) in [5.74, 6) is -1.49. The molecule has 3 N–H and O–H groups in total. The van der Waals surface area contributed by atoms with E-state index in [-0.39, 0.29) is 6.42 Å². The van der Waals surface area contributed by atoms with Crippen LogP contribution in [-0.4, -0.2) is 46.2 Å². The lowest BCUT2D eigenvalue weighted by Crippen LogP contribution is -2.31. The van der Waals surface area contributed by atoms with Crippen LogP contribution in [0.25, 0.3) is 0 Å². The number of nitrogens with zero attached hydrogens (tertiary/aromatic N) is 1. The second-order valence-corrected chi connectivity index (χ2v) is 3.18. The van der Waals surface area contributed by atoms with Gasteiger partial charge in [-0.15, -0.1) is 0 Å². The highest BCUT2D eigenvalue weighted by molar-refractivity contribution is 5.70. The fourth-order valence-corrected chi connectivity index (χ4v) is 1.64. The molecule has 0 heterocycles. The highest BCUT2D eigenvalue weighted by Gasteiger charge is 2.40. The van der Waals surface area contributed by atoms with Crippen molar-refractivity contribution in [3.8, 4) is 0 Å². The number of ether oxygens (including phenoxy) is 1. The summed E-state index contributed by atoms with van der Waals surface area (Å²) in [6, 6.07) is 0. The lowest BCUT2D eigenvalue weighted by atomic mass is 10.1. The molecule has 1 aliphatic carbocycles. The first-order valence-electron chi connectivity index (χ1n) is 4.14. The van der Waals surface area contributed by atoms with Gasteiger partial charge in [-0.3, -0.25) is 15.2 Å². The van der Waals surface area contributed by atoms with Gasteiger partial charge in [-0.2, -0.15) is 0 Å². The Labute approximate surface area is 80.3 Å². The summed E-state index contributed by atoms with van der Waals surface area (Å²) in [5, 5.41) is 25.1. The molecule has 7 heteroatoms. The number of carboxylic acid groups (broad SMARTS) is 1. The van der Waals surface area contributed by atoms with Gasteiger partial charge in [-0.1, -0.05) is 0 Å². The molecule has 0 saturated heterocycles. The van der Waals surface area contributed by atoms with Gasteiger partial charge in [-0.05, 0) is 12.8 Å². The zero-order valence-electron chi connectivity index (χ0n) is 7.66. The molecule has 0 unspecified atom stereocenters. The number of carboxylic acids is 1. The van der Waals surface area contributed by atoms with Gasteiger partial charge in [0.1, 0.15) is 6.10 Å². The predicted molar refractivity (Wildman–Crippen MR) is 41.4 cm³/mol. The van der Waals surface area contributed by atoms with Crippen LogP contribution in [0.15, 0.2) is 0 Å². The van der Waals surface area contributed by atoms with Crippen LogP contribution in [0.2, 0.25) is 0 Å². The molecule has 0 aromatic heterocycles. The zero-order chi connectivity index (χ0) is 10.7. The summed E-state index contributed by atoms with van der Waals surface area (Å²) in [7, 11) is 1.42. The van der Waals surface area contributed by atoms with Crippen molar-refractivity contribution in [2.24, 2.45) is 5.92 Å². The third-order valence-corrected chi connectivity index (χ3v) is 2.33. The molecule has 1 fully saturated rings. The number of rotatable bonds is 4. The smallest absolute Gasteiger partial charge is 0.306 e. The molecule has 7 nitrogen and oxygen atoms in total. The minimum absolute atomic E-state index is 0.200. The fraction of sp³-hybridized carbons (Fsp3) is 0.857. The first-order valence-corrected chi connectivity index (χ1v) is 4.14. The predicted octanol–water partition coefficient (Wildman–Crippen LogP) is -0.123. The standard InChI is InChI=1S/C7H13NO6/c1-13-5-2-4(7(9)10)3-6(5)14-8(11)12/h4-6,11-12H,2-3H2,1H3,(H,9,10)/t4-,5+,6-/m1/s1. The van der Waals surface area contributed by atoms with Crippen molar-refractivity contribution in [2.45, 2.75) is 25.0 Å². The number of carbonyl (C=O) groups is 1. The van der Waals surface area contributed by atoms with Crippen molar-refractivity contribution in [3.63, 3.8) is 0 Å². The molecule has 1 saturated carbocycles. The molecule has 0 aromatic rings. The van der Waals surface area contributed by atoms with Crippen LogP contribution in [-0.2, 0) is 14.4 Å². The quantitative estimate of drug-likeness (QED) is 0.552. The highest BCUT2D eigenvalue weighted by Crippen LogP contribution is 2.30. The molecule has 3 atom stereocenters. The van der Waals surface area contributed by atoms with Crippen molar-refractivity contribution in [1.29, 1.82) is 0 Å². The van der Waals surface area contributed by atoms with Crippen molar-refractivity contribution in [2.75, 3.05) is 7.11 Å². The second-order valence-electron chi connectivity index (χ2n) is 3.18. The van der Waals surface area contributed by atoms with Gasteiger partial charge in [-0.25, -0.2) is 4.84 Å². The van der Waals surface area contributed by atoms with Crippen molar-refractivity contribution < 1.29 is 29.9 Å². The Kier molecular flexibility index (Phi) is 3.78. The van der Waals surface area contributed by atoms with E-state index in [0.717, 1.165) is 0 Å². The number of hydrogen-bond donors (Lipinski definition) is 3. The molecule has 0 radical (unpaired) electrons. The van der Waals surface area contributed by atoms with Gasteiger partial charge in [0.25, 0.3) is 0 Å². The number of aliphatic carboxylic acids is 1. The van der Waals surface area contributed by atoms with Crippen LogP contribution in [0.4, 0.5) is 0 Å². The molecule has 0 amide bonds. The molecular formula is C7H13NO6. The third-order valence-electron chi connectivity index (χ3n) is 2.33. The van der Waals surface area contributed by atoms with Gasteiger partial charge >= 0.3 is 5.97 Å². The van der Waals surface area contributed by atoms with E-state index >= 15 is 0 Å². The monoisotopic (exact) mass is 207 g/mol. The topological polar surface area (TPSA) is 99.5 Å². The molecule has 0 aliphatic heterocycles. The molecule has 0 bridgehead atoms. The fourth-order valence-electron chi connectivity index (χ4n) is 1.64. The van der Waals surface area contributed by atoms with E-state index in [2.05, 4.69) is 4.84 Å². The van der Waals surface area contributed by atoms with Crippen LogP contribution in [0.5, 0.6) is 0 Å². The molecule has 1 rings (SSSR count). The average Bonchev–Trinajstić information content (AvgIpc) is 2.46. The molecular weight excluding hydrogens is 194 g/mol. The van der Waals surface area contributed by atoms with Gasteiger partial charge in [0.05, 0.1) is 17.4 Å². The van der Waals surface area contributed by atoms with E-state index in [0.29, 0.717) is 6.42 Å². The molecule has 1 aliphatic rings. The molecule has 0 aromatic carbocycles. The summed E-state index contributed by atoms with van der Waals surface area (Å²) in [5.41, 5.74) is 0. The Morgan fingerprint density at radius 3 is 2.36 bits per heavy atom. The van der Waals surface area contributed by atoms with Gasteiger partial charge in [0.15, 0.2) is 0 Å². The van der Waals surface area contributed by atoms with E-state index in [1.165, 1.54) is 7.11 Å². The van der Waals surface area contributed by atoms with Gasteiger partial charge in [0.2, 0.25) is 0 Å². The Hall–Kier alpha value is -0.730. The average molecular weight is 207 g/mol. The minimum Gasteiger partial charge on any atom is -0.481 e. The van der Waals surface area contributed by atoms with E-state index in [1.807, 2.05) is 0 Å². The Bertz CT molecular complexity index is 208. The Balaban J connectivity index is 2.53. The van der Waals surface area contributed by atoms with Gasteiger partial charge < -0.3 is 9.84 Å². The van der Waals surface area contributed by atoms with Crippen molar-refractivity contribution in [3.05, 3.63) is 0 Å². The summed E-state index contributed by atoms with van der Waals surface area (Å²) < 4.78 is 4.97. The van der Waals surface area contributed by atoms with Crippen LogP contribution in [0.3, 0.4) is 0 Å². The Morgan fingerprint density at radius 2 is 1.93 bits per heavy atom. The van der Waals surface area contributed by atoms with Crippen molar-refractivity contribution >= 4 is 5.97 Å². The normalized spacial score (nSPS) is 32.4. The van der Waals surface area contributed by atoms with E-state index in [9.17, 15) is 4.79 Å². The maximum atomic E-state index is 10.6. The maximum absolute atomic E-state index is 10.6. The third kappa shape index (κ3) is 2.63. The summed E-state index contributed by atoms with van der Waals surface area (Å²) in [6.07, 6.45) is -0.565. The summed E-state index contributed by atoms with van der Waals surface area (Å²) >= 11 is 0. The van der Waals surface area contributed by atoms with Gasteiger partial charge in [0, 0.05) is 7.11 Å². The van der Waals surface area contributed by atoms with E-state index < -0.39 is 29.5 Å². The lowest BCUT2D eigenvalue weighted by Gasteiger charge is -2.18. The van der Waals surface area contributed by atoms with Crippen molar-refractivity contribution in [1.82, 2.24) is 5.39 Å². The van der Waals surface area contributed by atoms with Crippen LogP contribution in [0, 0.1) is 5.92 Å². The van der Waals surface area contributed by atoms with E-state index in [1.54, 1.807) is 0 Å². The lowest BCUT2D eigenvalue weighted by molar-refractivity contribution is -0.507. The zero-order valence-corrected chi connectivity index (χ0v) is 7.66. The first kappa shape index (κ1) is 11.3.